The smallest absolute Gasteiger partial charge is 0.224 e. The fourth-order valence-corrected chi connectivity index (χ4v) is 6.79. The van der Waals surface area contributed by atoms with Crippen molar-refractivity contribution in [2.45, 2.75) is 52.4 Å². The number of nitrogens with one attached hydrogen (secondary N) is 3. The molecule has 1 aromatic carbocycles. The van der Waals surface area contributed by atoms with E-state index in [1.807, 2.05) is 37.5 Å². The second-order valence-electron chi connectivity index (χ2n) is 11.1. The summed E-state index contributed by atoms with van der Waals surface area (Å²) >= 11 is 1.71. The number of amides is 1. The molecular formula is C32H31N7OS. The van der Waals surface area contributed by atoms with Crippen molar-refractivity contribution in [1.29, 1.82) is 0 Å². The van der Waals surface area contributed by atoms with E-state index in [0.29, 0.717) is 23.8 Å². The first-order valence-electron chi connectivity index (χ1n) is 14.2. The summed E-state index contributed by atoms with van der Waals surface area (Å²) in [5.41, 5.74) is 7.81. The second kappa shape index (κ2) is 10.6. The maximum Gasteiger partial charge on any atom is 0.224 e. The number of rotatable bonds is 6. The lowest BCUT2D eigenvalue weighted by atomic mass is 9.87. The van der Waals surface area contributed by atoms with Gasteiger partial charge in [0.2, 0.25) is 5.91 Å². The van der Waals surface area contributed by atoms with Crippen LogP contribution in [0.2, 0.25) is 0 Å². The minimum absolute atomic E-state index is 0.0931. The van der Waals surface area contributed by atoms with E-state index in [1.54, 1.807) is 11.3 Å². The van der Waals surface area contributed by atoms with E-state index in [2.05, 4.69) is 61.7 Å². The number of imidazole rings is 1. The standard InChI is InChI=1S/C32H31N7OS/c1-18-12-21(15-23(13-18)35-27(40)14-20-6-4-3-5-7-20)22-16-24-28(38-39-31(24)34-17-22)32-36-25-10-11-33-30(29(25)37-32)26-9-8-19(2)41-26/h8-13,15-17,20H,3-7,14H2,1-2H3,(H,35,40)(H,36,37)(H,34,38,39). The normalized spacial score (nSPS) is 14.2. The van der Waals surface area contributed by atoms with Crippen LogP contribution in [0.5, 0.6) is 0 Å². The van der Waals surface area contributed by atoms with Crippen molar-refractivity contribution in [2.75, 3.05) is 5.32 Å². The SMILES string of the molecule is Cc1cc(NC(=O)CC2CCCCC2)cc(-c2cnc3n[nH]c(-c4nc5c(-c6ccc(C)s6)nccc5[nH]4)c3c2)c1. The summed E-state index contributed by atoms with van der Waals surface area (Å²) < 4.78 is 0. The Morgan fingerprint density at radius 2 is 1.90 bits per heavy atom. The number of nitrogens with zero attached hydrogens (tertiary/aromatic N) is 4. The van der Waals surface area contributed by atoms with Crippen LogP contribution in [-0.4, -0.2) is 36.0 Å². The van der Waals surface area contributed by atoms with Gasteiger partial charge in [-0.25, -0.2) is 9.97 Å². The lowest BCUT2D eigenvalue weighted by Gasteiger charge is -2.21. The van der Waals surface area contributed by atoms with Crippen LogP contribution in [0.25, 0.3) is 55.3 Å². The number of aryl methyl sites for hydroxylation is 2. The van der Waals surface area contributed by atoms with E-state index in [9.17, 15) is 4.79 Å². The Morgan fingerprint density at radius 1 is 1.02 bits per heavy atom. The Labute approximate surface area is 241 Å². The third-order valence-corrected chi connectivity index (χ3v) is 8.92. The van der Waals surface area contributed by atoms with Crippen LogP contribution in [-0.2, 0) is 4.79 Å². The van der Waals surface area contributed by atoms with Crippen molar-refractivity contribution in [2.24, 2.45) is 5.92 Å². The number of carbonyl (C=O) groups excluding carboxylic acids is 1. The molecule has 1 fully saturated rings. The molecule has 0 unspecified atom stereocenters. The average Bonchev–Trinajstić information content (AvgIpc) is 3.70. The molecule has 5 aromatic heterocycles. The van der Waals surface area contributed by atoms with Crippen LogP contribution in [0.1, 0.15) is 49.0 Å². The molecule has 41 heavy (non-hydrogen) atoms. The first-order valence-corrected chi connectivity index (χ1v) is 15.0. The summed E-state index contributed by atoms with van der Waals surface area (Å²) in [5, 5.41) is 11.6. The summed E-state index contributed by atoms with van der Waals surface area (Å²) in [5.74, 6) is 1.28. The number of hydrogen-bond donors (Lipinski definition) is 3. The average molecular weight is 562 g/mol. The zero-order valence-corrected chi connectivity index (χ0v) is 23.9. The fourth-order valence-electron chi connectivity index (χ4n) is 5.92. The molecule has 1 aliphatic rings. The minimum Gasteiger partial charge on any atom is -0.337 e. The van der Waals surface area contributed by atoms with Crippen molar-refractivity contribution >= 4 is 45.0 Å². The van der Waals surface area contributed by atoms with Gasteiger partial charge in [0.05, 0.1) is 15.8 Å². The number of aromatic nitrogens is 6. The third kappa shape index (κ3) is 5.13. The van der Waals surface area contributed by atoms with Gasteiger partial charge in [0.15, 0.2) is 11.5 Å². The number of carbonyl (C=O) groups is 1. The molecule has 1 aliphatic carbocycles. The zero-order chi connectivity index (χ0) is 27.9. The maximum atomic E-state index is 12.8. The number of pyridine rings is 2. The van der Waals surface area contributed by atoms with E-state index in [4.69, 9.17) is 4.98 Å². The Bertz CT molecular complexity index is 1890. The van der Waals surface area contributed by atoms with Crippen LogP contribution in [0.3, 0.4) is 0 Å². The fraction of sp³-hybridized carbons (Fsp3) is 0.281. The molecule has 1 amide bonds. The Balaban J connectivity index is 1.21. The number of anilines is 1. The van der Waals surface area contributed by atoms with Gasteiger partial charge < -0.3 is 10.3 Å². The number of aromatic amines is 2. The van der Waals surface area contributed by atoms with E-state index < -0.39 is 0 Å². The summed E-state index contributed by atoms with van der Waals surface area (Å²) in [6.07, 6.45) is 10.3. The van der Waals surface area contributed by atoms with E-state index in [0.717, 1.165) is 67.9 Å². The van der Waals surface area contributed by atoms with E-state index >= 15 is 0 Å². The first-order chi connectivity index (χ1) is 20.0. The third-order valence-electron chi connectivity index (χ3n) is 7.91. The topological polar surface area (TPSA) is 112 Å². The van der Waals surface area contributed by atoms with Gasteiger partial charge in [0.1, 0.15) is 16.9 Å². The molecular weight excluding hydrogens is 530 g/mol. The highest BCUT2D eigenvalue weighted by Gasteiger charge is 2.19. The zero-order valence-electron chi connectivity index (χ0n) is 23.1. The Hall–Kier alpha value is -4.37. The number of thiophene rings is 1. The van der Waals surface area contributed by atoms with Crippen molar-refractivity contribution in [3.05, 3.63) is 65.3 Å². The molecule has 0 spiro atoms. The van der Waals surface area contributed by atoms with Gasteiger partial charge in [0, 0.05) is 34.9 Å². The molecule has 0 bridgehead atoms. The summed E-state index contributed by atoms with van der Waals surface area (Å²) in [6, 6.07) is 14.4. The van der Waals surface area contributed by atoms with Gasteiger partial charge in [-0.15, -0.1) is 11.3 Å². The predicted molar refractivity (Wildman–Crippen MR) is 165 cm³/mol. The highest BCUT2D eigenvalue weighted by Crippen LogP contribution is 2.34. The molecule has 8 nitrogen and oxygen atoms in total. The van der Waals surface area contributed by atoms with Crippen LogP contribution in [0.4, 0.5) is 5.69 Å². The first kappa shape index (κ1) is 25.6. The monoisotopic (exact) mass is 561 g/mol. The Kier molecular flexibility index (Phi) is 6.59. The van der Waals surface area contributed by atoms with Crippen LogP contribution in [0.15, 0.2) is 54.9 Å². The molecule has 9 heteroatoms. The van der Waals surface area contributed by atoms with Crippen LogP contribution >= 0.6 is 11.3 Å². The number of benzene rings is 1. The molecule has 1 saturated carbocycles. The molecule has 7 rings (SSSR count). The van der Waals surface area contributed by atoms with Gasteiger partial charge >= 0.3 is 0 Å². The molecule has 5 heterocycles. The maximum absolute atomic E-state index is 12.8. The molecule has 0 atom stereocenters. The Morgan fingerprint density at radius 3 is 2.73 bits per heavy atom. The predicted octanol–water partition coefficient (Wildman–Crippen LogP) is 7.82. The van der Waals surface area contributed by atoms with Gasteiger partial charge in [-0.3, -0.25) is 14.9 Å². The van der Waals surface area contributed by atoms with E-state index in [1.165, 1.54) is 24.1 Å². The highest BCUT2D eigenvalue weighted by molar-refractivity contribution is 7.15. The quantitative estimate of drug-likeness (QED) is 0.192. The van der Waals surface area contributed by atoms with Gasteiger partial charge in [-0.1, -0.05) is 25.3 Å². The molecule has 206 valence electrons. The van der Waals surface area contributed by atoms with Gasteiger partial charge in [0.25, 0.3) is 0 Å². The molecule has 6 aromatic rings. The molecule has 3 N–H and O–H groups in total. The lowest BCUT2D eigenvalue weighted by molar-refractivity contribution is -0.117. The molecule has 0 saturated heterocycles. The summed E-state index contributed by atoms with van der Waals surface area (Å²) in [6.45, 7) is 4.14. The van der Waals surface area contributed by atoms with Gasteiger partial charge in [-0.2, -0.15) is 5.10 Å². The lowest BCUT2D eigenvalue weighted by Crippen LogP contribution is -2.18. The van der Waals surface area contributed by atoms with Crippen molar-refractivity contribution < 1.29 is 4.79 Å². The van der Waals surface area contributed by atoms with E-state index in [-0.39, 0.29) is 5.91 Å². The second-order valence-corrected chi connectivity index (χ2v) is 12.4. The highest BCUT2D eigenvalue weighted by atomic mass is 32.1. The van der Waals surface area contributed by atoms with Crippen LogP contribution in [0, 0.1) is 19.8 Å². The largest absolute Gasteiger partial charge is 0.337 e. The van der Waals surface area contributed by atoms with Crippen molar-refractivity contribution in [3.63, 3.8) is 0 Å². The minimum atomic E-state index is 0.0931. The number of fused-ring (bicyclic) bond motifs is 2. The van der Waals surface area contributed by atoms with Crippen molar-refractivity contribution in [3.8, 4) is 33.2 Å². The van der Waals surface area contributed by atoms with Crippen LogP contribution < -0.4 is 5.32 Å². The molecule has 0 aliphatic heterocycles. The number of hydrogen-bond acceptors (Lipinski definition) is 6. The summed E-state index contributed by atoms with van der Waals surface area (Å²) in [7, 11) is 0. The van der Waals surface area contributed by atoms with Gasteiger partial charge in [-0.05, 0) is 80.1 Å². The summed E-state index contributed by atoms with van der Waals surface area (Å²) in [4.78, 5) is 32.8. The number of H-pyrrole nitrogens is 2. The van der Waals surface area contributed by atoms with Crippen molar-refractivity contribution in [1.82, 2.24) is 30.1 Å². The molecule has 0 radical (unpaired) electrons.